The van der Waals surface area contributed by atoms with E-state index in [2.05, 4.69) is 43.0 Å². The summed E-state index contributed by atoms with van der Waals surface area (Å²) < 4.78 is 0. The van der Waals surface area contributed by atoms with E-state index in [0.717, 1.165) is 17.2 Å². The Morgan fingerprint density at radius 1 is 1.15 bits per heavy atom. The van der Waals surface area contributed by atoms with Crippen LogP contribution in [0.15, 0.2) is 47.4 Å². The molecule has 0 radical (unpaired) electrons. The van der Waals surface area contributed by atoms with Gasteiger partial charge < -0.3 is 9.80 Å². The molecule has 5 heteroatoms. The summed E-state index contributed by atoms with van der Waals surface area (Å²) in [6.45, 7) is 6.47. The van der Waals surface area contributed by atoms with Crippen LogP contribution in [0.2, 0.25) is 0 Å². The number of benzene rings is 2. The molecule has 4 nitrogen and oxygen atoms in total. The molecule has 2 aromatic carbocycles. The lowest BCUT2D eigenvalue weighted by Gasteiger charge is -2.41. The van der Waals surface area contributed by atoms with Gasteiger partial charge in [0.05, 0.1) is 5.56 Å². The second-order valence-electron chi connectivity index (χ2n) is 7.34. The van der Waals surface area contributed by atoms with E-state index in [1.54, 1.807) is 11.8 Å². The van der Waals surface area contributed by atoms with Crippen LogP contribution in [0.5, 0.6) is 0 Å². The van der Waals surface area contributed by atoms with Gasteiger partial charge in [-0.2, -0.15) is 0 Å². The summed E-state index contributed by atoms with van der Waals surface area (Å²) >= 11 is 1.63. The molecule has 0 N–H and O–H groups in total. The topological polar surface area (TPSA) is 40.6 Å². The van der Waals surface area contributed by atoms with E-state index in [1.807, 2.05) is 23.1 Å². The van der Waals surface area contributed by atoms with Crippen molar-refractivity contribution in [2.75, 3.05) is 30.3 Å². The predicted molar refractivity (Wildman–Crippen MR) is 110 cm³/mol. The quantitative estimate of drug-likeness (QED) is 0.789. The summed E-state index contributed by atoms with van der Waals surface area (Å²) in [4.78, 5) is 30.6. The number of fused-ring (bicyclic) bond motifs is 1. The number of carbonyl (C=O) groups excluding carboxylic acids is 2. The highest BCUT2D eigenvalue weighted by Gasteiger charge is 2.30. The summed E-state index contributed by atoms with van der Waals surface area (Å²) in [5.74, 6) is 0.953. The minimum atomic E-state index is 0.0461. The molecule has 2 heterocycles. The molecule has 1 fully saturated rings. The normalized spacial score (nSPS) is 19.8. The molecule has 0 unspecified atom stereocenters. The van der Waals surface area contributed by atoms with E-state index in [1.165, 1.54) is 11.3 Å². The molecule has 1 atom stereocenters. The largest absolute Gasteiger partial charge is 0.365 e. The molecule has 2 aliphatic heterocycles. The molecule has 27 heavy (non-hydrogen) atoms. The number of amides is 1. The fourth-order valence-corrected chi connectivity index (χ4v) is 5.10. The van der Waals surface area contributed by atoms with Crippen molar-refractivity contribution in [3.63, 3.8) is 0 Å². The first-order chi connectivity index (χ1) is 13.0. The number of piperazine rings is 1. The van der Waals surface area contributed by atoms with Gasteiger partial charge in [0.15, 0.2) is 5.78 Å². The van der Waals surface area contributed by atoms with Crippen molar-refractivity contribution in [3.05, 3.63) is 59.2 Å². The minimum absolute atomic E-state index is 0.0461. The summed E-state index contributed by atoms with van der Waals surface area (Å²) in [7, 11) is 0. The zero-order valence-corrected chi connectivity index (χ0v) is 16.6. The number of nitrogens with zero attached hydrogens (tertiary/aromatic N) is 2. The van der Waals surface area contributed by atoms with Crippen molar-refractivity contribution < 1.29 is 9.59 Å². The van der Waals surface area contributed by atoms with Gasteiger partial charge in [0, 0.05) is 54.0 Å². The second-order valence-corrected chi connectivity index (χ2v) is 8.44. The van der Waals surface area contributed by atoms with Crippen LogP contribution >= 0.6 is 11.8 Å². The van der Waals surface area contributed by atoms with Gasteiger partial charge in [-0.3, -0.25) is 9.59 Å². The van der Waals surface area contributed by atoms with Crippen LogP contribution < -0.4 is 4.90 Å². The number of carbonyl (C=O) groups is 2. The highest BCUT2D eigenvalue weighted by atomic mass is 32.2. The Morgan fingerprint density at radius 3 is 2.74 bits per heavy atom. The van der Waals surface area contributed by atoms with E-state index < -0.39 is 0 Å². The number of hydrogen-bond acceptors (Lipinski definition) is 4. The lowest BCUT2D eigenvalue weighted by atomic mass is 10.0. The standard InChI is InChI=1S/C22H24N2O2S/c1-15-5-3-6-17(13-15)24-11-10-23(14-16(24)2)22(26)19-8-4-7-18-20(25)9-12-27-21(18)19/h3-8,13,16H,9-12,14H2,1-2H3/t16-/m1/s1. The van der Waals surface area contributed by atoms with Crippen LogP contribution in [0.4, 0.5) is 5.69 Å². The Kier molecular flexibility index (Phi) is 4.96. The number of anilines is 1. The molecule has 140 valence electrons. The molecule has 0 bridgehead atoms. The number of aryl methyl sites for hydroxylation is 1. The third-order valence-corrected chi connectivity index (χ3v) is 6.51. The predicted octanol–water partition coefficient (Wildman–Crippen LogP) is 4.02. The summed E-state index contributed by atoms with van der Waals surface area (Å²) in [5.41, 5.74) is 3.86. The third kappa shape index (κ3) is 3.48. The Hall–Kier alpha value is -2.27. The highest BCUT2D eigenvalue weighted by Crippen LogP contribution is 2.34. The third-order valence-electron chi connectivity index (χ3n) is 5.37. The summed E-state index contributed by atoms with van der Waals surface area (Å²) in [6.07, 6.45) is 0.557. The van der Waals surface area contributed by atoms with Crippen LogP contribution in [-0.2, 0) is 0 Å². The van der Waals surface area contributed by atoms with Gasteiger partial charge in [-0.15, -0.1) is 11.8 Å². The Bertz CT molecular complexity index is 896. The van der Waals surface area contributed by atoms with Crippen molar-refractivity contribution >= 4 is 29.1 Å². The number of ketones is 1. The smallest absolute Gasteiger partial charge is 0.255 e. The van der Waals surface area contributed by atoms with Crippen molar-refractivity contribution in [2.24, 2.45) is 0 Å². The fourth-order valence-electron chi connectivity index (χ4n) is 3.96. The van der Waals surface area contributed by atoms with E-state index in [9.17, 15) is 9.59 Å². The zero-order chi connectivity index (χ0) is 19.0. The molecule has 0 aliphatic carbocycles. The fraction of sp³-hybridized carbons (Fsp3) is 0.364. The van der Waals surface area contributed by atoms with Gasteiger partial charge in [-0.1, -0.05) is 24.3 Å². The van der Waals surface area contributed by atoms with Gasteiger partial charge in [-0.05, 0) is 37.6 Å². The van der Waals surface area contributed by atoms with E-state index in [-0.39, 0.29) is 17.7 Å². The summed E-state index contributed by atoms with van der Waals surface area (Å²) in [5, 5.41) is 0. The number of rotatable bonds is 2. The minimum Gasteiger partial charge on any atom is -0.365 e. The van der Waals surface area contributed by atoms with Gasteiger partial charge in [0.25, 0.3) is 5.91 Å². The van der Waals surface area contributed by atoms with Crippen molar-refractivity contribution in [3.8, 4) is 0 Å². The molecule has 1 amide bonds. The van der Waals surface area contributed by atoms with Gasteiger partial charge >= 0.3 is 0 Å². The Labute approximate surface area is 164 Å². The molecule has 0 spiro atoms. The van der Waals surface area contributed by atoms with Crippen molar-refractivity contribution in [2.45, 2.75) is 31.2 Å². The maximum atomic E-state index is 13.2. The zero-order valence-electron chi connectivity index (χ0n) is 15.8. The van der Waals surface area contributed by atoms with Crippen LogP contribution in [-0.4, -0.2) is 48.0 Å². The molecule has 2 aliphatic rings. The Balaban J connectivity index is 1.54. The number of Topliss-reactive ketones (excluding diaryl/α,β-unsaturated/α-hetero) is 1. The lowest BCUT2D eigenvalue weighted by Crippen LogP contribution is -2.53. The summed E-state index contributed by atoms with van der Waals surface area (Å²) in [6, 6.07) is 14.3. The van der Waals surface area contributed by atoms with E-state index in [4.69, 9.17) is 0 Å². The van der Waals surface area contributed by atoms with Gasteiger partial charge in [0.2, 0.25) is 0 Å². The van der Waals surface area contributed by atoms with Crippen molar-refractivity contribution in [1.29, 1.82) is 0 Å². The molecule has 0 saturated carbocycles. The number of hydrogen-bond donors (Lipinski definition) is 0. The SMILES string of the molecule is Cc1cccc(N2CCN(C(=O)c3cccc4c3SCCC4=O)C[C@H]2C)c1. The van der Waals surface area contributed by atoms with Crippen LogP contribution in [0.25, 0.3) is 0 Å². The maximum absolute atomic E-state index is 13.2. The van der Waals surface area contributed by atoms with E-state index in [0.29, 0.717) is 30.6 Å². The highest BCUT2D eigenvalue weighted by molar-refractivity contribution is 7.99. The molecular formula is C22H24N2O2S. The first-order valence-corrected chi connectivity index (χ1v) is 10.4. The van der Waals surface area contributed by atoms with Gasteiger partial charge in [0.1, 0.15) is 0 Å². The average molecular weight is 381 g/mol. The van der Waals surface area contributed by atoms with Gasteiger partial charge in [-0.25, -0.2) is 0 Å². The Morgan fingerprint density at radius 2 is 1.96 bits per heavy atom. The second kappa shape index (κ2) is 7.39. The van der Waals surface area contributed by atoms with E-state index >= 15 is 0 Å². The number of thioether (sulfide) groups is 1. The molecular weight excluding hydrogens is 356 g/mol. The average Bonchev–Trinajstić information content (AvgIpc) is 2.67. The monoisotopic (exact) mass is 380 g/mol. The molecule has 0 aromatic heterocycles. The van der Waals surface area contributed by atoms with Crippen LogP contribution in [0.1, 0.15) is 39.6 Å². The van der Waals surface area contributed by atoms with Crippen molar-refractivity contribution in [1.82, 2.24) is 4.90 Å². The lowest BCUT2D eigenvalue weighted by molar-refractivity contribution is 0.0722. The van der Waals surface area contributed by atoms with Crippen LogP contribution in [0, 0.1) is 6.92 Å². The first-order valence-electron chi connectivity index (χ1n) is 9.46. The van der Waals surface area contributed by atoms with Crippen LogP contribution in [0.3, 0.4) is 0 Å². The molecule has 1 saturated heterocycles. The molecule has 2 aromatic rings. The molecule has 4 rings (SSSR count). The first kappa shape index (κ1) is 18.1. The maximum Gasteiger partial charge on any atom is 0.255 e.